The van der Waals surface area contributed by atoms with Crippen LogP contribution in [0.15, 0.2) is 65.6 Å². The molecule has 32 heavy (non-hydrogen) atoms. The van der Waals surface area contributed by atoms with Crippen molar-refractivity contribution in [2.45, 2.75) is 11.8 Å². The van der Waals surface area contributed by atoms with E-state index >= 15 is 0 Å². The largest absolute Gasteiger partial charge is 0.338 e. The van der Waals surface area contributed by atoms with Crippen molar-refractivity contribution in [2.24, 2.45) is 0 Å². The van der Waals surface area contributed by atoms with E-state index in [1.54, 1.807) is 24.3 Å². The van der Waals surface area contributed by atoms with Gasteiger partial charge in [0.15, 0.2) is 0 Å². The molecule has 0 fully saturated rings. The number of rotatable bonds is 5. The van der Waals surface area contributed by atoms with Crippen molar-refractivity contribution < 1.29 is 12.8 Å². The van der Waals surface area contributed by atoms with E-state index in [1.165, 1.54) is 6.07 Å². The highest BCUT2D eigenvalue weighted by Crippen LogP contribution is 2.26. The summed E-state index contributed by atoms with van der Waals surface area (Å²) in [6, 6.07) is 16.1. The van der Waals surface area contributed by atoms with E-state index in [2.05, 4.69) is 35.3 Å². The predicted octanol–water partition coefficient (Wildman–Crippen LogP) is 3.66. The van der Waals surface area contributed by atoms with Crippen molar-refractivity contribution in [3.63, 3.8) is 0 Å². The molecule has 0 saturated heterocycles. The molecule has 160 valence electrons. The van der Waals surface area contributed by atoms with E-state index in [-0.39, 0.29) is 16.3 Å². The monoisotopic (exact) mass is 449 g/mol. The molecule has 11 heteroatoms. The zero-order valence-electron chi connectivity index (χ0n) is 16.7. The first kappa shape index (κ1) is 19.8. The molecule has 0 unspecified atom stereocenters. The number of aromatic amines is 2. The molecule has 0 bridgehead atoms. The Labute approximate surface area is 181 Å². The molecule has 0 aliphatic carbocycles. The fraction of sp³-hybridized carbons (Fsp3) is 0.0476. The zero-order valence-corrected chi connectivity index (χ0v) is 17.5. The molecule has 3 aromatic carbocycles. The van der Waals surface area contributed by atoms with Gasteiger partial charge in [-0.3, -0.25) is 4.72 Å². The van der Waals surface area contributed by atoms with E-state index in [0.717, 1.165) is 34.3 Å². The highest BCUT2D eigenvalue weighted by molar-refractivity contribution is 7.92. The van der Waals surface area contributed by atoms with E-state index in [1.807, 2.05) is 25.1 Å². The number of aryl methyl sites for hydroxylation is 1. The minimum atomic E-state index is -3.97. The standard InChI is InChI=1S/C21H16FN7O2S/c1-12-2-9-18-19(10-12)24-20(23-18)13-3-5-14(6-4-13)27-32(30,31)15-7-8-17(22)16(11-15)21-25-28-29-26-21/h2-11,27H,1H3,(H,23,24)(H,25,26,28,29). The van der Waals surface area contributed by atoms with Crippen LogP contribution in [0.4, 0.5) is 10.1 Å². The van der Waals surface area contributed by atoms with Crippen LogP contribution in [0.1, 0.15) is 5.56 Å². The highest BCUT2D eigenvalue weighted by atomic mass is 32.2. The van der Waals surface area contributed by atoms with Gasteiger partial charge in [-0.15, -0.1) is 10.2 Å². The lowest BCUT2D eigenvalue weighted by Gasteiger charge is -2.09. The quantitative estimate of drug-likeness (QED) is 0.376. The summed E-state index contributed by atoms with van der Waals surface area (Å²) >= 11 is 0. The van der Waals surface area contributed by atoms with Gasteiger partial charge in [0, 0.05) is 11.3 Å². The predicted molar refractivity (Wildman–Crippen MR) is 117 cm³/mol. The van der Waals surface area contributed by atoms with Crippen LogP contribution in [-0.4, -0.2) is 39.0 Å². The van der Waals surface area contributed by atoms with Gasteiger partial charge >= 0.3 is 0 Å². The number of H-pyrrole nitrogens is 2. The van der Waals surface area contributed by atoms with Crippen LogP contribution in [0, 0.1) is 12.7 Å². The highest BCUT2D eigenvalue weighted by Gasteiger charge is 2.19. The number of imidazole rings is 1. The zero-order chi connectivity index (χ0) is 22.3. The summed E-state index contributed by atoms with van der Waals surface area (Å²) in [6.07, 6.45) is 0. The summed E-state index contributed by atoms with van der Waals surface area (Å²) in [5, 5.41) is 13.0. The molecule has 0 radical (unpaired) electrons. The lowest BCUT2D eigenvalue weighted by molar-refractivity contribution is 0.600. The van der Waals surface area contributed by atoms with Gasteiger partial charge in [-0.25, -0.2) is 17.8 Å². The molecular weight excluding hydrogens is 433 g/mol. The Kier molecular flexibility index (Phi) is 4.67. The second kappa shape index (κ2) is 7.54. The Morgan fingerprint density at radius 1 is 1.00 bits per heavy atom. The van der Waals surface area contributed by atoms with Gasteiger partial charge in [-0.05, 0) is 72.3 Å². The van der Waals surface area contributed by atoms with Crippen LogP contribution >= 0.6 is 0 Å². The summed E-state index contributed by atoms with van der Waals surface area (Å²) in [4.78, 5) is 7.71. The fourth-order valence-corrected chi connectivity index (χ4v) is 4.37. The number of fused-ring (bicyclic) bond motifs is 1. The number of sulfonamides is 1. The molecule has 3 N–H and O–H groups in total. The van der Waals surface area contributed by atoms with Gasteiger partial charge in [-0.1, -0.05) is 6.07 Å². The number of anilines is 1. The van der Waals surface area contributed by atoms with Crippen molar-refractivity contribution in [1.82, 2.24) is 30.6 Å². The first-order valence-corrected chi connectivity index (χ1v) is 11.0. The molecule has 2 aromatic heterocycles. The molecule has 0 spiro atoms. The van der Waals surface area contributed by atoms with Crippen molar-refractivity contribution >= 4 is 26.7 Å². The van der Waals surface area contributed by atoms with Crippen molar-refractivity contribution in [1.29, 1.82) is 0 Å². The van der Waals surface area contributed by atoms with Gasteiger partial charge in [0.1, 0.15) is 11.6 Å². The minimum Gasteiger partial charge on any atom is -0.338 e. The molecule has 0 aliphatic heterocycles. The Morgan fingerprint density at radius 2 is 1.81 bits per heavy atom. The third kappa shape index (κ3) is 3.69. The van der Waals surface area contributed by atoms with Crippen LogP contribution in [0.2, 0.25) is 0 Å². The summed E-state index contributed by atoms with van der Waals surface area (Å²) in [7, 11) is -3.97. The summed E-state index contributed by atoms with van der Waals surface area (Å²) in [6.45, 7) is 2.01. The Balaban J connectivity index is 1.40. The average molecular weight is 449 g/mol. The molecule has 2 heterocycles. The SMILES string of the molecule is Cc1ccc2nc(-c3ccc(NS(=O)(=O)c4ccc(F)c(-c5nn[nH]n5)c4)cc3)[nH]c2c1. The van der Waals surface area contributed by atoms with E-state index < -0.39 is 15.8 Å². The molecule has 0 atom stereocenters. The van der Waals surface area contributed by atoms with Crippen molar-refractivity contribution in [3.8, 4) is 22.8 Å². The number of hydrogen-bond acceptors (Lipinski definition) is 6. The fourth-order valence-electron chi connectivity index (χ4n) is 3.29. The number of tetrazole rings is 1. The van der Waals surface area contributed by atoms with Crippen LogP contribution in [-0.2, 0) is 10.0 Å². The van der Waals surface area contributed by atoms with Crippen LogP contribution in [0.5, 0.6) is 0 Å². The van der Waals surface area contributed by atoms with Crippen LogP contribution < -0.4 is 4.72 Å². The smallest absolute Gasteiger partial charge is 0.261 e. The maximum Gasteiger partial charge on any atom is 0.261 e. The molecule has 9 nitrogen and oxygen atoms in total. The number of benzene rings is 3. The van der Waals surface area contributed by atoms with E-state index in [4.69, 9.17) is 0 Å². The lowest BCUT2D eigenvalue weighted by Crippen LogP contribution is -2.13. The van der Waals surface area contributed by atoms with Crippen molar-refractivity contribution in [3.05, 3.63) is 72.0 Å². The van der Waals surface area contributed by atoms with Crippen LogP contribution in [0.3, 0.4) is 0 Å². The average Bonchev–Trinajstić information content (AvgIpc) is 3.44. The molecule has 0 amide bonds. The molecule has 0 saturated carbocycles. The number of halogens is 1. The number of nitrogens with zero attached hydrogens (tertiary/aromatic N) is 4. The Bertz CT molecular complexity index is 1530. The van der Waals surface area contributed by atoms with E-state index in [9.17, 15) is 12.8 Å². The lowest BCUT2D eigenvalue weighted by atomic mass is 10.2. The summed E-state index contributed by atoms with van der Waals surface area (Å²) in [5.74, 6) is -0.0102. The van der Waals surface area contributed by atoms with Crippen molar-refractivity contribution in [2.75, 3.05) is 4.72 Å². The topological polar surface area (TPSA) is 129 Å². The third-order valence-corrected chi connectivity index (χ3v) is 6.26. The van der Waals surface area contributed by atoms with Gasteiger partial charge in [0.2, 0.25) is 5.82 Å². The minimum absolute atomic E-state index is 0.0371. The maximum atomic E-state index is 14.1. The van der Waals surface area contributed by atoms with Gasteiger partial charge in [0.05, 0.1) is 21.5 Å². The van der Waals surface area contributed by atoms with Gasteiger partial charge < -0.3 is 4.98 Å². The number of hydrogen-bond donors (Lipinski definition) is 3. The normalized spacial score (nSPS) is 11.7. The maximum absolute atomic E-state index is 14.1. The van der Waals surface area contributed by atoms with Crippen LogP contribution in [0.25, 0.3) is 33.8 Å². The van der Waals surface area contributed by atoms with E-state index in [0.29, 0.717) is 11.5 Å². The second-order valence-corrected chi connectivity index (χ2v) is 8.85. The van der Waals surface area contributed by atoms with Gasteiger partial charge in [0.25, 0.3) is 10.0 Å². The summed E-state index contributed by atoms with van der Waals surface area (Å²) in [5.41, 5.74) is 3.99. The molecule has 5 aromatic rings. The summed E-state index contributed by atoms with van der Waals surface area (Å²) < 4.78 is 42.2. The molecular formula is C21H16FN7O2S. The molecule has 0 aliphatic rings. The number of aromatic nitrogens is 6. The molecule has 5 rings (SSSR count). The first-order chi connectivity index (χ1) is 15.4. The Hall–Kier alpha value is -4.12. The Morgan fingerprint density at radius 3 is 2.56 bits per heavy atom. The number of nitrogens with one attached hydrogen (secondary N) is 3. The first-order valence-electron chi connectivity index (χ1n) is 9.52. The van der Waals surface area contributed by atoms with Gasteiger partial charge in [-0.2, -0.15) is 5.21 Å². The third-order valence-electron chi connectivity index (χ3n) is 4.88. The second-order valence-electron chi connectivity index (χ2n) is 7.17.